The summed E-state index contributed by atoms with van der Waals surface area (Å²) < 4.78 is 5.60. The van der Waals surface area contributed by atoms with Crippen molar-refractivity contribution in [3.05, 3.63) is 69.8 Å². The summed E-state index contributed by atoms with van der Waals surface area (Å²) in [6.07, 6.45) is 3.02. The van der Waals surface area contributed by atoms with Gasteiger partial charge >= 0.3 is 5.63 Å². The molecule has 0 aliphatic rings. The van der Waals surface area contributed by atoms with Crippen molar-refractivity contribution < 1.29 is 9.21 Å². The molecule has 0 spiro atoms. The van der Waals surface area contributed by atoms with E-state index < -0.39 is 0 Å². The predicted octanol–water partition coefficient (Wildman–Crippen LogP) is 3.63. The van der Waals surface area contributed by atoms with Gasteiger partial charge in [-0.25, -0.2) is 4.79 Å². The van der Waals surface area contributed by atoms with Gasteiger partial charge in [0.05, 0.1) is 0 Å². The van der Waals surface area contributed by atoms with Gasteiger partial charge in [-0.05, 0) is 57.0 Å². The second-order valence-corrected chi connectivity index (χ2v) is 7.27. The maximum atomic E-state index is 12.6. The lowest BCUT2D eigenvalue weighted by atomic mass is 10.0. The average molecular weight is 408 g/mol. The first-order valence-corrected chi connectivity index (χ1v) is 10.5. The van der Waals surface area contributed by atoms with Crippen LogP contribution < -0.4 is 15.8 Å². The Bertz CT molecular complexity index is 1060. The lowest BCUT2D eigenvalue weighted by molar-refractivity contribution is -0.121. The van der Waals surface area contributed by atoms with Crippen molar-refractivity contribution in [2.24, 2.45) is 0 Å². The van der Waals surface area contributed by atoms with E-state index in [1.54, 1.807) is 6.20 Å². The van der Waals surface area contributed by atoms with Crippen molar-refractivity contribution in [2.45, 2.75) is 40.0 Å². The summed E-state index contributed by atoms with van der Waals surface area (Å²) in [4.78, 5) is 31.2. The van der Waals surface area contributed by atoms with Crippen LogP contribution in [0.4, 0.5) is 5.69 Å². The molecule has 1 amide bonds. The largest absolute Gasteiger partial charge is 0.422 e. The van der Waals surface area contributed by atoms with Gasteiger partial charge in [-0.3, -0.25) is 9.78 Å². The van der Waals surface area contributed by atoms with E-state index in [1.165, 1.54) is 0 Å². The fourth-order valence-corrected chi connectivity index (χ4v) is 3.66. The predicted molar refractivity (Wildman–Crippen MR) is 120 cm³/mol. The first-order valence-electron chi connectivity index (χ1n) is 10.5. The van der Waals surface area contributed by atoms with Crippen molar-refractivity contribution in [1.82, 2.24) is 10.3 Å². The number of anilines is 1. The third kappa shape index (κ3) is 5.06. The molecule has 0 fully saturated rings. The first kappa shape index (κ1) is 21.6. The average Bonchev–Trinajstić information content (AvgIpc) is 2.75. The number of aryl methyl sites for hydroxylation is 1. The van der Waals surface area contributed by atoms with Crippen molar-refractivity contribution in [3.63, 3.8) is 0 Å². The van der Waals surface area contributed by atoms with Crippen LogP contribution in [0.15, 0.2) is 51.8 Å². The van der Waals surface area contributed by atoms with E-state index >= 15 is 0 Å². The second kappa shape index (κ2) is 10.1. The standard InChI is InChI=1S/C24H29N3O3/c1-4-27(5-2)19-9-10-20-17(3)21(24(29)30-22(20)16-19)11-12-23(28)26-15-13-18-8-6-7-14-25-18/h6-10,14,16H,4-5,11-13,15H2,1-3H3,(H,26,28). The van der Waals surface area contributed by atoms with Crippen LogP contribution in [0.2, 0.25) is 0 Å². The number of benzene rings is 1. The number of rotatable bonds is 9. The van der Waals surface area contributed by atoms with Gasteiger partial charge in [0, 0.05) is 67.1 Å². The molecule has 3 aromatic rings. The van der Waals surface area contributed by atoms with Crippen LogP contribution in [0.25, 0.3) is 11.0 Å². The Labute approximate surface area is 176 Å². The van der Waals surface area contributed by atoms with E-state index in [4.69, 9.17) is 4.42 Å². The Balaban J connectivity index is 1.66. The molecule has 0 atom stereocenters. The Morgan fingerprint density at radius 3 is 2.63 bits per heavy atom. The number of carbonyl (C=O) groups is 1. The molecule has 0 aliphatic heterocycles. The molecule has 2 aromatic heterocycles. The quantitative estimate of drug-likeness (QED) is 0.548. The number of carbonyl (C=O) groups excluding carboxylic acids is 1. The van der Waals surface area contributed by atoms with E-state index in [2.05, 4.69) is 35.1 Å². The summed E-state index contributed by atoms with van der Waals surface area (Å²) in [6.45, 7) is 8.41. The molecule has 0 saturated carbocycles. The normalized spacial score (nSPS) is 10.9. The molecule has 0 saturated heterocycles. The van der Waals surface area contributed by atoms with Crippen molar-refractivity contribution in [2.75, 3.05) is 24.5 Å². The number of aromatic nitrogens is 1. The molecule has 0 unspecified atom stereocenters. The Morgan fingerprint density at radius 2 is 1.93 bits per heavy atom. The second-order valence-electron chi connectivity index (χ2n) is 7.27. The maximum absolute atomic E-state index is 12.6. The van der Waals surface area contributed by atoms with Gasteiger partial charge in [0.15, 0.2) is 0 Å². The third-order valence-corrected chi connectivity index (χ3v) is 5.43. The summed E-state index contributed by atoms with van der Waals surface area (Å²) in [6, 6.07) is 11.7. The minimum Gasteiger partial charge on any atom is -0.422 e. The van der Waals surface area contributed by atoms with Gasteiger partial charge in [0.25, 0.3) is 0 Å². The minimum atomic E-state index is -0.363. The lowest BCUT2D eigenvalue weighted by Crippen LogP contribution is -2.26. The number of hydrogen-bond donors (Lipinski definition) is 1. The van der Waals surface area contributed by atoms with Crippen LogP contribution in [0, 0.1) is 6.92 Å². The number of nitrogens with one attached hydrogen (secondary N) is 1. The van der Waals surface area contributed by atoms with E-state index in [0.29, 0.717) is 30.5 Å². The Morgan fingerprint density at radius 1 is 1.13 bits per heavy atom. The molecule has 6 heteroatoms. The van der Waals surface area contributed by atoms with Gasteiger partial charge in [-0.15, -0.1) is 0 Å². The zero-order valence-electron chi connectivity index (χ0n) is 17.9. The van der Waals surface area contributed by atoms with Crippen LogP contribution >= 0.6 is 0 Å². The first-order chi connectivity index (χ1) is 14.5. The topological polar surface area (TPSA) is 75.4 Å². The smallest absolute Gasteiger partial charge is 0.339 e. The highest BCUT2D eigenvalue weighted by atomic mass is 16.4. The van der Waals surface area contributed by atoms with Crippen molar-refractivity contribution >= 4 is 22.6 Å². The Hall–Kier alpha value is -3.15. The molecule has 0 radical (unpaired) electrons. The highest BCUT2D eigenvalue weighted by Crippen LogP contribution is 2.25. The molecular formula is C24H29N3O3. The van der Waals surface area contributed by atoms with Crippen LogP contribution in [0.3, 0.4) is 0 Å². The highest BCUT2D eigenvalue weighted by molar-refractivity contribution is 5.84. The van der Waals surface area contributed by atoms with Gasteiger partial charge < -0.3 is 14.6 Å². The van der Waals surface area contributed by atoms with Crippen molar-refractivity contribution in [1.29, 1.82) is 0 Å². The van der Waals surface area contributed by atoms with E-state index in [0.717, 1.165) is 35.4 Å². The summed E-state index contributed by atoms with van der Waals surface area (Å²) in [5, 5.41) is 3.81. The Kier molecular flexibility index (Phi) is 7.22. The van der Waals surface area contributed by atoms with Gasteiger partial charge in [0.1, 0.15) is 5.58 Å². The third-order valence-electron chi connectivity index (χ3n) is 5.43. The van der Waals surface area contributed by atoms with E-state index in [9.17, 15) is 9.59 Å². The van der Waals surface area contributed by atoms with Gasteiger partial charge in [0.2, 0.25) is 5.91 Å². The number of hydrogen-bond acceptors (Lipinski definition) is 5. The number of pyridine rings is 1. The van der Waals surface area contributed by atoms with Gasteiger partial charge in [-0.2, -0.15) is 0 Å². The minimum absolute atomic E-state index is 0.0818. The fourth-order valence-electron chi connectivity index (χ4n) is 3.66. The van der Waals surface area contributed by atoms with Crippen LogP contribution in [0.1, 0.15) is 37.1 Å². The molecule has 158 valence electrons. The van der Waals surface area contributed by atoms with E-state index in [1.807, 2.05) is 37.3 Å². The molecule has 2 heterocycles. The zero-order chi connectivity index (χ0) is 21.5. The molecule has 3 rings (SSSR count). The molecule has 0 bridgehead atoms. The number of nitrogens with zero attached hydrogens (tertiary/aromatic N) is 2. The number of fused-ring (bicyclic) bond motifs is 1. The zero-order valence-corrected chi connectivity index (χ0v) is 17.9. The fraction of sp³-hybridized carbons (Fsp3) is 0.375. The molecular weight excluding hydrogens is 378 g/mol. The SMILES string of the molecule is CCN(CC)c1ccc2c(C)c(CCC(=O)NCCc3ccccn3)c(=O)oc2c1. The monoisotopic (exact) mass is 407 g/mol. The summed E-state index contributed by atoms with van der Waals surface area (Å²) >= 11 is 0. The molecule has 30 heavy (non-hydrogen) atoms. The molecule has 0 aliphatic carbocycles. The lowest BCUT2D eigenvalue weighted by Gasteiger charge is -2.21. The van der Waals surface area contributed by atoms with Gasteiger partial charge in [-0.1, -0.05) is 6.07 Å². The van der Waals surface area contributed by atoms with Crippen molar-refractivity contribution in [3.8, 4) is 0 Å². The molecule has 1 N–H and O–H groups in total. The van der Waals surface area contributed by atoms with E-state index in [-0.39, 0.29) is 18.0 Å². The molecule has 6 nitrogen and oxygen atoms in total. The molecule has 1 aromatic carbocycles. The summed E-state index contributed by atoms with van der Waals surface area (Å²) in [7, 11) is 0. The maximum Gasteiger partial charge on any atom is 0.339 e. The van der Waals surface area contributed by atoms with Crippen LogP contribution in [-0.4, -0.2) is 30.5 Å². The number of amides is 1. The summed E-state index contributed by atoms with van der Waals surface area (Å²) in [5.41, 5.74) is 3.65. The van der Waals surface area contributed by atoms with Crippen LogP contribution in [0.5, 0.6) is 0 Å². The highest BCUT2D eigenvalue weighted by Gasteiger charge is 2.14. The summed E-state index contributed by atoms with van der Waals surface area (Å²) in [5.74, 6) is -0.0818. The van der Waals surface area contributed by atoms with Crippen LogP contribution in [-0.2, 0) is 17.6 Å².